The van der Waals surface area contributed by atoms with E-state index in [1.165, 1.54) is 0 Å². The highest BCUT2D eigenvalue weighted by molar-refractivity contribution is 5.77. The Kier molecular flexibility index (Phi) is 26.3. The SMILES string of the molecule is C.CC(=O)CC(C)(C)C.CC(=O)CC(C)(C)C.CCOC(=O)CC(C)(C)C.COCCC1CCN(C(=O)CC(C)(C)C)CC1. The summed E-state index contributed by atoms with van der Waals surface area (Å²) in [6.07, 6.45) is 5.95. The van der Waals surface area contributed by atoms with Gasteiger partial charge in [0.2, 0.25) is 5.91 Å². The summed E-state index contributed by atoms with van der Waals surface area (Å²) in [5.41, 5.74) is 0.494. The minimum absolute atomic E-state index is 0. The van der Waals surface area contributed by atoms with Gasteiger partial charge in [-0.15, -0.1) is 0 Å². The number of nitrogens with zero attached hydrogens (tertiary/aromatic N) is 1. The minimum Gasteiger partial charge on any atom is -0.466 e. The van der Waals surface area contributed by atoms with Crippen LogP contribution in [0, 0.1) is 27.6 Å². The quantitative estimate of drug-likeness (QED) is 0.249. The fraction of sp³-hybridized carbons (Fsp3) is 0.892. The Morgan fingerprint density at radius 2 is 1.02 bits per heavy atom. The number of amides is 1. The van der Waals surface area contributed by atoms with E-state index >= 15 is 0 Å². The number of ether oxygens (including phenoxy) is 2. The molecule has 0 N–H and O–H groups in total. The third-order valence-corrected chi connectivity index (χ3v) is 5.92. The molecule has 7 heteroatoms. The predicted octanol–water partition coefficient (Wildman–Crippen LogP) is 9.34. The number of rotatable bonds is 8. The lowest BCUT2D eigenvalue weighted by atomic mass is 9.90. The van der Waals surface area contributed by atoms with Gasteiger partial charge in [-0.3, -0.25) is 9.59 Å². The zero-order valence-electron chi connectivity index (χ0n) is 31.3. The molecular formula is C37H75NO6. The molecule has 0 spiro atoms. The molecule has 1 rings (SSSR count). The van der Waals surface area contributed by atoms with Crippen molar-refractivity contribution >= 4 is 23.4 Å². The van der Waals surface area contributed by atoms with Crippen molar-refractivity contribution in [1.82, 2.24) is 4.90 Å². The molecule has 0 bridgehead atoms. The molecule has 264 valence electrons. The first-order valence-corrected chi connectivity index (χ1v) is 16.1. The van der Waals surface area contributed by atoms with Gasteiger partial charge in [-0.05, 0) is 67.6 Å². The van der Waals surface area contributed by atoms with E-state index in [1.807, 2.05) is 32.6 Å². The van der Waals surface area contributed by atoms with Crippen LogP contribution in [-0.2, 0) is 28.7 Å². The van der Waals surface area contributed by atoms with Gasteiger partial charge in [0.15, 0.2) is 0 Å². The molecule has 0 aromatic carbocycles. The molecule has 1 heterocycles. The molecule has 0 atom stereocenters. The third kappa shape index (κ3) is 40.2. The number of Topliss-reactive ketones (excluding diaryl/α,β-unsaturated/α-hetero) is 2. The molecule has 0 radical (unpaired) electrons. The summed E-state index contributed by atoms with van der Waals surface area (Å²) in [4.78, 5) is 45.8. The maximum Gasteiger partial charge on any atom is 0.306 e. The van der Waals surface area contributed by atoms with Gasteiger partial charge in [0.05, 0.1) is 13.0 Å². The van der Waals surface area contributed by atoms with Gasteiger partial charge in [-0.25, -0.2) is 0 Å². The van der Waals surface area contributed by atoms with Crippen LogP contribution in [0.25, 0.3) is 0 Å². The monoisotopic (exact) mass is 630 g/mol. The Morgan fingerprint density at radius 1 is 0.659 bits per heavy atom. The van der Waals surface area contributed by atoms with Crippen molar-refractivity contribution in [1.29, 1.82) is 0 Å². The number of hydrogen-bond acceptors (Lipinski definition) is 6. The largest absolute Gasteiger partial charge is 0.466 e. The number of ketones is 2. The van der Waals surface area contributed by atoms with E-state index in [2.05, 4.69) is 62.3 Å². The van der Waals surface area contributed by atoms with Crippen LogP contribution < -0.4 is 0 Å². The second-order valence-corrected chi connectivity index (χ2v) is 16.8. The van der Waals surface area contributed by atoms with Crippen molar-refractivity contribution < 1.29 is 28.7 Å². The highest BCUT2D eigenvalue weighted by Crippen LogP contribution is 2.25. The standard InChI is InChI=1S/C14H27NO2.C8H16O2.2C7H14O.CH4/c1-14(2,3)11-13(16)15-8-5-12(6-9-15)7-10-17-4;1-5-10-7(9)6-8(2,3)4;2*1-6(8)5-7(2,3)4;/h12H,5-11H2,1-4H3;5-6H2,1-4H3;2*5H2,1-4H3;1H4. The van der Waals surface area contributed by atoms with Crippen molar-refractivity contribution in [3.05, 3.63) is 0 Å². The fourth-order valence-corrected chi connectivity index (χ4v) is 4.46. The molecule has 1 aliphatic rings. The lowest BCUT2D eigenvalue weighted by Crippen LogP contribution is -2.40. The summed E-state index contributed by atoms with van der Waals surface area (Å²) in [6.45, 7) is 33.1. The summed E-state index contributed by atoms with van der Waals surface area (Å²) in [7, 11) is 1.75. The summed E-state index contributed by atoms with van der Waals surface area (Å²) in [6, 6.07) is 0. The zero-order valence-corrected chi connectivity index (χ0v) is 31.3. The summed E-state index contributed by atoms with van der Waals surface area (Å²) < 4.78 is 9.88. The molecule has 0 saturated carbocycles. The molecule has 1 aliphatic heterocycles. The number of carbonyl (C=O) groups is 4. The van der Waals surface area contributed by atoms with Crippen LogP contribution in [0.15, 0.2) is 0 Å². The lowest BCUT2D eigenvalue weighted by molar-refractivity contribution is -0.145. The first-order chi connectivity index (χ1) is 19.2. The van der Waals surface area contributed by atoms with Crippen LogP contribution >= 0.6 is 0 Å². The molecule has 1 amide bonds. The van der Waals surface area contributed by atoms with Gasteiger partial charge < -0.3 is 24.0 Å². The topological polar surface area (TPSA) is 90.0 Å². The second kappa shape index (κ2) is 23.6. The van der Waals surface area contributed by atoms with Gasteiger partial charge in [-0.2, -0.15) is 0 Å². The number of piperidine rings is 1. The van der Waals surface area contributed by atoms with Crippen molar-refractivity contribution in [3.63, 3.8) is 0 Å². The second-order valence-electron chi connectivity index (χ2n) is 16.8. The van der Waals surface area contributed by atoms with Crippen molar-refractivity contribution in [2.45, 2.75) is 156 Å². The van der Waals surface area contributed by atoms with E-state index in [9.17, 15) is 19.2 Å². The van der Waals surface area contributed by atoms with Crippen molar-refractivity contribution in [2.75, 3.05) is 33.4 Å². The predicted molar refractivity (Wildman–Crippen MR) is 187 cm³/mol. The number of methoxy groups -OCH3 is 1. The van der Waals surface area contributed by atoms with Crippen LogP contribution in [0.2, 0.25) is 0 Å². The van der Waals surface area contributed by atoms with Gasteiger partial charge in [0.25, 0.3) is 0 Å². The van der Waals surface area contributed by atoms with E-state index in [4.69, 9.17) is 9.47 Å². The Labute approximate surface area is 274 Å². The number of esters is 1. The van der Waals surface area contributed by atoms with Gasteiger partial charge in [-0.1, -0.05) is 90.5 Å². The van der Waals surface area contributed by atoms with Gasteiger partial charge in [0, 0.05) is 46.1 Å². The van der Waals surface area contributed by atoms with Gasteiger partial charge in [0.1, 0.15) is 11.6 Å². The highest BCUT2D eigenvalue weighted by Gasteiger charge is 2.25. The van der Waals surface area contributed by atoms with Crippen LogP contribution in [0.5, 0.6) is 0 Å². The number of carbonyl (C=O) groups excluding carboxylic acids is 4. The molecule has 0 aromatic heterocycles. The van der Waals surface area contributed by atoms with Crippen LogP contribution in [-0.4, -0.2) is 61.8 Å². The lowest BCUT2D eigenvalue weighted by Gasteiger charge is -2.33. The zero-order chi connectivity index (χ0) is 34.7. The Bertz CT molecular complexity index is 757. The Hall–Kier alpha value is -1.76. The number of likely N-dealkylation sites (tertiary alicyclic amines) is 1. The smallest absolute Gasteiger partial charge is 0.306 e. The summed E-state index contributed by atoms with van der Waals surface area (Å²) in [5.74, 6) is 1.52. The first-order valence-electron chi connectivity index (χ1n) is 16.1. The third-order valence-electron chi connectivity index (χ3n) is 5.92. The maximum absolute atomic E-state index is 12.0. The molecule has 7 nitrogen and oxygen atoms in total. The van der Waals surface area contributed by atoms with E-state index in [0.717, 1.165) is 44.9 Å². The average molecular weight is 630 g/mol. The Balaban J connectivity index is -0.000000257. The van der Waals surface area contributed by atoms with Gasteiger partial charge >= 0.3 is 5.97 Å². The fourth-order valence-electron chi connectivity index (χ4n) is 4.46. The molecule has 1 fully saturated rings. The molecule has 1 saturated heterocycles. The number of hydrogen-bond donors (Lipinski definition) is 0. The minimum atomic E-state index is -0.102. The van der Waals surface area contributed by atoms with E-state index in [1.54, 1.807) is 21.0 Å². The first kappa shape index (κ1) is 49.1. The molecule has 44 heavy (non-hydrogen) atoms. The van der Waals surface area contributed by atoms with E-state index < -0.39 is 0 Å². The average Bonchev–Trinajstić information content (AvgIpc) is 2.73. The van der Waals surface area contributed by atoms with Crippen molar-refractivity contribution in [3.8, 4) is 0 Å². The van der Waals surface area contributed by atoms with Crippen molar-refractivity contribution in [2.24, 2.45) is 27.6 Å². The summed E-state index contributed by atoms with van der Waals surface area (Å²) in [5, 5.41) is 0. The highest BCUT2D eigenvalue weighted by atomic mass is 16.5. The van der Waals surface area contributed by atoms with Crippen LogP contribution in [0.4, 0.5) is 0 Å². The summed E-state index contributed by atoms with van der Waals surface area (Å²) >= 11 is 0. The normalized spacial score (nSPS) is 13.9. The molecule has 0 unspecified atom stereocenters. The van der Waals surface area contributed by atoms with E-state index in [0.29, 0.717) is 38.2 Å². The maximum atomic E-state index is 12.0. The molecule has 0 aliphatic carbocycles. The molecule has 0 aromatic rings. The Morgan fingerprint density at radius 3 is 1.27 bits per heavy atom. The van der Waals surface area contributed by atoms with E-state index in [-0.39, 0.29) is 46.6 Å². The van der Waals surface area contributed by atoms with Crippen LogP contribution in [0.3, 0.4) is 0 Å². The van der Waals surface area contributed by atoms with Crippen LogP contribution in [0.1, 0.15) is 156 Å². The molecular weight excluding hydrogens is 554 g/mol.